The highest BCUT2D eigenvalue weighted by molar-refractivity contribution is 6.32. The van der Waals surface area contributed by atoms with Gasteiger partial charge in [0.25, 0.3) is 5.91 Å². The number of halogens is 3. The smallest absolute Gasteiger partial charge is 0.387 e. The van der Waals surface area contributed by atoms with Gasteiger partial charge in [0.1, 0.15) is 5.75 Å². The van der Waals surface area contributed by atoms with Crippen LogP contribution in [0.25, 0.3) is 22.2 Å². The summed E-state index contributed by atoms with van der Waals surface area (Å²) in [7, 11) is 0. The molecule has 30 heavy (non-hydrogen) atoms. The highest BCUT2D eigenvalue weighted by Crippen LogP contribution is 2.30. The van der Waals surface area contributed by atoms with Crippen LogP contribution in [0.4, 0.5) is 14.5 Å². The van der Waals surface area contributed by atoms with Gasteiger partial charge in [0.05, 0.1) is 21.8 Å². The van der Waals surface area contributed by atoms with E-state index in [1.54, 1.807) is 30.6 Å². The number of nitrogens with zero attached hydrogens (tertiary/aromatic N) is 2. The van der Waals surface area contributed by atoms with E-state index < -0.39 is 12.5 Å². The Bertz CT molecular complexity index is 1220. The molecular formula is C22H14ClF2N3O2. The maximum Gasteiger partial charge on any atom is 0.387 e. The van der Waals surface area contributed by atoms with Crippen LogP contribution in [-0.4, -0.2) is 22.5 Å². The molecule has 0 aliphatic carbocycles. The van der Waals surface area contributed by atoms with Gasteiger partial charge >= 0.3 is 6.61 Å². The Balaban J connectivity index is 1.70. The monoisotopic (exact) mass is 425 g/mol. The fourth-order valence-corrected chi connectivity index (χ4v) is 3.22. The van der Waals surface area contributed by atoms with Gasteiger partial charge in [0.2, 0.25) is 0 Å². The molecule has 2 aromatic heterocycles. The molecule has 0 unspecified atom stereocenters. The number of benzene rings is 2. The van der Waals surface area contributed by atoms with Crippen molar-refractivity contribution in [3.8, 4) is 17.0 Å². The number of para-hydroxylation sites is 1. The van der Waals surface area contributed by atoms with E-state index in [1.165, 1.54) is 18.2 Å². The van der Waals surface area contributed by atoms with Gasteiger partial charge in [-0.15, -0.1) is 0 Å². The number of alkyl halides is 2. The van der Waals surface area contributed by atoms with Gasteiger partial charge in [-0.3, -0.25) is 9.78 Å². The van der Waals surface area contributed by atoms with Crippen molar-refractivity contribution in [2.24, 2.45) is 0 Å². The average molecular weight is 426 g/mol. The van der Waals surface area contributed by atoms with Gasteiger partial charge in [-0.05, 0) is 42.5 Å². The zero-order valence-corrected chi connectivity index (χ0v) is 16.1. The van der Waals surface area contributed by atoms with E-state index in [1.807, 2.05) is 24.3 Å². The summed E-state index contributed by atoms with van der Waals surface area (Å²) in [6.45, 7) is -2.99. The van der Waals surface area contributed by atoms with E-state index in [-0.39, 0.29) is 10.8 Å². The molecule has 0 radical (unpaired) electrons. The van der Waals surface area contributed by atoms with Gasteiger partial charge in [0, 0.05) is 29.0 Å². The van der Waals surface area contributed by atoms with Crippen LogP contribution in [0.2, 0.25) is 5.02 Å². The minimum atomic E-state index is -2.99. The third-order valence-corrected chi connectivity index (χ3v) is 4.62. The number of hydrogen-bond donors (Lipinski definition) is 1. The van der Waals surface area contributed by atoms with Crippen LogP contribution in [0.5, 0.6) is 5.75 Å². The summed E-state index contributed by atoms with van der Waals surface area (Å²) in [5.74, 6) is -0.560. The minimum absolute atomic E-state index is 0.0382. The molecule has 0 bridgehead atoms. The molecule has 1 N–H and O–H groups in total. The van der Waals surface area contributed by atoms with Gasteiger partial charge < -0.3 is 10.1 Å². The second-order valence-corrected chi connectivity index (χ2v) is 6.70. The Morgan fingerprint density at radius 3 is 2.63 bits per heavy atom. The summed E-state index contributed by atoms with van der Waals surface area (Å²) < 4.78 is 29.1. The standard InChI is InChI=1S/C22H14ClF2N3O2/c23-17-10-14(7-8-20(17)30-22(24)25)27-21(29)16-11-19(13-4-3-9-26-12-13)28-18-6-2-1-5-15(16)18/h1-12,22H,(H,27,29). The van der Waals surface area contributed by atoms with Crippen LogP contribution in [0.3, 0.4) is 0 Å². The first kappa shape index (κ1) is 19.7. The molecule has 0 atom stereocenters. The molecule has 0 saturated heterocycles. The van der Waals surface area contributed by atoms with E-state index in [9.17, 15) is 13.6 Å². The van der Waals surface area contributed by atoms with Crippen molar-refractivity contribution in [2.75, 3.05) is 5.32 Å². The maximum absolute atomic E-state index is 13.0. The molecule has 0 fully saturated rings. The molecule has 5 nitrogen and oxygen atoms in total. The molecule has 1 amide bonds. The lowest BCUT2D eigenvalue weighted by Crippen LogP contribution is -2.13. The van der Waals surface area contributed by atoms with Crippen molar-refractivity contribution in [1.29, 1.82) is 0 Å². The Morgan fingerprint density at radius 2 is 1.90 bits per heavy atom. The number of anilines is 1. The number of fused-ring (bicyclic) bond motifs is 1. The van der Waals surface area contributed by atoms with Gasteiger partial charge in [0.15, 0.2) is 0 Å². The van der Waals surface area contributed by atoms with Gasteiger partial charge in [-0.1, -0.05) is 29.8 Å². The predicted molar refractivity (Wildman–Crippen MR) is 111 cm³/mol. The number of rotatable bonds is 5. The van der Waals surface area contributed by atoms with E-state index in [0.717, 1.165) is 5.56 Å². The van der Waals surface area contributed by atoms with Crippen LogP contribution < -0.4 is 10.1 Å². The number of aromatic nitrogens is 2. The molecule has 8 heteroatoms. The van der Waals surface area contributed by atoms with Crippen LogP contribution in [0.1, 0.15) is 10.4 Å². The third kappa shape index (κ3) is 4.21. The van der Waals surface area contributed by atoms with E-state index in [0.29, 0.717) is 27.8 Å². The lowest BCUT2D eigenvalue weighted by Gasteiger charge is -2.12. The van der Waals surface area contributed by atoms with Crippen LogP contribution >= 0.6 is 11.6 Å². The number of hydrogen-bond acceptors (Lipinski definition) is 4. The molecule has 0 saturated carbocycles. The first-order chi connectivity index (χ1) is 14.5. The molecule has 4 rings (SSSR count). The topological polar surface area (TPSA) is 64.1 Å². The minimum Gasteiger partial charge on any atom is -0.433 e. The Kier molecular flexibility index (Phi) is 5.54. The molecule has 0 aliphatic heterocycles. The summed E-state index contributed by atoms with van der Waals surface area (Å²) in [5, 5.41) is 3.37. The second-order valence-electron chi connectivity index (χ2n) is 6.29. The molecule has 0 spiro atoms. The van der Waals surface area contributed by atoms with E-state index in [4.69, 9.17) is 11.6 Å². The van der Waals surface area contributed by atoms with Crippen molar-refractivity contribution in [3.63, 3.8) is 0 Å². The number of carbonyl (C=O) groups excluding carboxylic acids is 1. The largest absolute Gasteiger partial charge is 0.433 e. The lowest BCUT2D eigenvalue weighted by molar-refractivity contribution is -0.0497. The number of pyridine rings is 2. The summed E-state index contributed by atoms with van der Waals surface area (Å²) in [6.07, 6.45) is 3.32. The normalized spacial score (nSPS) is 10.9. The highest BCUT2D eigenvalue weighted by Gasteiger charge is 2.15. The van der Waals surface area contributed by atoms with Crippen LogP contribution in [0.15, 0.2) is 73.1 Å². The Hall–Kier alpha value is -3.58. The molecule has 150 valence electrons. The Labute approximate surface area is 175 Å². The third-order valence-electron chi connectivity index (χ3n) is 4.32. The lowest BCUT2D eigenvalue weighted by atomic mass is 10.0. The van der Waals surface area contributed by atoms with Gasteiger partial charge in [-0.25, -0.2) is 4.98 Å². The second kappa shape index (κ2) is 8.42. The van der Waals surface area contributed by atoms with Crippen molar-refractivity contribution >= 4 is 34.1 Å². The zero-order valence-electron chi connectivity index (χ0n) is 15.4. The van der Waals surface area contributed by atoms with Crippen molar-refractivity contribution < 1.29 is 18.3 Å². The molecule has 4 aromatic rings. The highest BCUT2D eigenvalue weighted by atomic mass is 35.5. The molecular weight excluding hydrogens is 412 g/mol. The zero-order chi connectivity index (χ0) is 21.1. The predicted octanol–water partition coefficient (Wildman–Crippen LogP) is 5.80. The Morgan fingerprint density at radius 1 is 1.07 bits per heavy atom. The number of amides is 1. The van der Waals surface area contributed by atoms with E-state index >= 15 is 0 Å². The molecule has 0 aliphatic rings. The van der Waals surface area contributed by atoms with E-state index in [2.05, 4.69) is 20.0 Å². The first-order valence-corrected chi connectivity index (χ1v) is 9.25. The van der Waals surface area contributed by atoms with Crippen molar-refractivity contribution in [1.82, 2.24) is 9.97 Å². The summed E-state index contributed by atoms with van der Waals surface area (Å²) >= 11 is 5.98. The summed E-state index contributed by atoms with van der Waals surface area (Å²) in [4.78, 5) is 21.8. The SMILES string of the molecule is O=C(Nc1ccc(OC(F)F)c(Cl)c1)c1cc(-c2cccnc2)nc2ccccc12. The quantitative estimate of drug-likeness (QED) is 0.438. The summed E-state index contributed by atoms with van der Waals surface area (Å²) in [5.41, 5.74) is 2.78. The molecule has 2 aromatic carbocycles. The summed E-state index contributed by atoms with van der Waals surface area (Å²) in [6, 6.07) is 16.7. The van der Waals surface area contributed by atoms with Gasteiger partial charge in [-0.2, -0.15) is 8.78 Å². The van der Waals surface area contributed by atoms with Crippen molar-refractivity contribution in [2.45, 2.75) is 6.61 Å². The fraction of sp³-hybridized carbons (Fsp3) is 0.0455. The van der Waals surface area contributed by atoms with Crippen LogP contribution in [0, 0.1) is 0 Å². The average Bonchev–Trinajstić information content (AvgIpc) is 2.75. The fourth-order valence-electron chi connectivity index (χ4n) is 2.99. The molecule has 2 heterocycles. The first-order valence-electron chi connectivity index (χ1n) is 8.87. The number of carbonyl (C=O) groups is 1. The number of ether oxygens (including phenoxy) is 1. The van der Waals surface area contributed by atoms with Crippen LogP contribution in [-0.2, 0) is 0 Å². The maximum atomic E-state index is 13.0. The van der Waals surface area contributed by atoms with Crippen molar-refractivity contribution in [3.05, 3.63) is 83.6 Å². The number of nitrogens with one attached hydrogen (secondary N) is 1.